The van der Waals surface area contributed by atoms with Crippen LogP contribution in [0.5, 0.6) is 11.5 Å². The molecule has 146 valence electrons. The number of nitrogens with one attached hydrogen (secondary N) is 1. The molecular formula is C21H23N3O3S. The summed E-state index contributed by atoms with van der Waals surface area (Å²) < 4.78 is 10.6. The summed E-state index contributed by atoms with van der Waals surface area (Å²) in [6.45, 7) is 4.27. The van der Waals surface area contributed by atoms with E-state index < -0.39 is 0 Å². The molecule has 2 heterocycles. The molecule has 0 radical (unpaired) electrons. The van der Waals surface area contributed by atoms with Crippen LogP contribution in [-0.4, -0.2) is 22.9 Å². The molecule has 1 aliphatic heterocycles. The zero-order valence-corrected chi connectivity index (χ0v) is 16.8. The first-order valence-corrected chi connectivity index (χ1v) is 10.3. The number of aryl methyl sites for hydroxylation is 1. The van der Waals surface area contributed by atoms with Crippen molar-refractivity contribution in [1.29, 1.82) is 5.26 Å². The van der Waals surface area contributed by atoms with E-state index in [1.54, 1.807) is 24.3 Å². The quantitative estimate of drug-likeness (QED) is 0.659. The van der Waals surface area contributed by atoms with Crippen molar-refractivity contribution in [3.8, 4) is 17.6 Å². The third kappa shape index (κ3) is 4.76. The molecule has 6 nitrogen and oxygen atoms in total. The number of hydrogen-bond donors (Lipinski definition) is 1. The summed E-state index contributed by atoms with van der Waals surface area (Å²) in [6, 6.07) is 11.2. The van der Waals surface area contributed by atoms with Gasteiger partial charge in [0.2, 0.25) is 12.7 Å². The van der Waals surface area contributed by atoms with Gasteiger partial charge in [0.25, 0.3) is 0 Å². The van der Waals surface area contributed by atoms with E-state index in [4.69, 9.17) is 9.47 Å². The van der Waals surface area contributed by atoms with Gasteiger partial charge in [0, 0.05) is 17.4 Å². The van der Waals surface area contributed by atoms with Crippen LogP contribution in [0.4, 0.5) is 5.69 Å². The Balaban J connectivity index is 1.72. The van der Waals surface area contributed by atoms with Gasteiger partial charge >= 0.3 is 0 Å². The molecule has 7 heteroatoms. The lowest BCUT2D eigenvalue weighted by Crippen LogP contribution is -2.24. The van der Waals surface area contributed by atoms with Gasteiger partial charge in [-0.2, -0.15) is 5.26 Å². The first kappa shape index (κ1) is 20.0. The van der Waals surface area contributed by atoms with Crippen molar-refractivity contribution in [2.45, 2.75) is 49.8 Å². The molecular weight excluding hydrogens is 374 g/mol. The van der Waals surface area contributed by atoms with E-state index in [0.717, 1.165) is 25.0 Å². The number of rotatable bonds is 8. The minimum Gasteiger partial charge on any atom is -0.454 e. The number of aromatic nitrogens is 1. The Hall–Kier alpha value is -2.72. The Kier molecular flexibility index (Phi) is 6.77. The monoisotopic (exact) mass is 397 g/mol. The number of hydrogen-bond acceptors (Lipinski definition) is 6. The van der Waals surface area contributed by atoms with E-state index in [9.17, 15) is 10.1 Å². The van der Waals surface area contributed by atoms with Gasteiger partial charge in [-0.1, -0.05) is 32.0 Å². The highest BCUT2D eigenvalue weighted by atomic mass is 32.2. The number of unbranched alkanes of at least 4 members (excludes halogenated alkanes) is 1. The molecule has 0 saturated carbocycles. The average Bonchev–Trinajstić information content (AvgIpc) is 3.18. The van der Waals surface area contributed by atoms with Crippen LogP contribution < -0.4 is 14.8 Å². The average molecular weight is 398 g/mol. The number of anilines is 1. The number of ether oxygens (including phenoxy) is 2. The lowest BCUT2D eigenvalue weighted by Gasteiger charge is -2.15. The third-order valence-corrected chi connectivity index (χ3v) is 5.75. The fraction of sp³-hybridized carbons (Fsp3) is 0.381. The summed E-state index contributed by atoms with van der Waals surface area (Å²) in [5.74, 6) is 1.16. The second kappa shape index (κ2) is 9.47. The molecule has 0 saturated heterocycles. The fourth-order valence-electron chi connectivity index (χ4n) is 2.80. The van der Waals surface area contributed by atoms with E-state index >= 15 is 0 Å². The molecule has 1 unspecified atom stereocenters. The number of carbonyl (C=O) groups excluding carboxylic acids is 1. The van der Waals surface area contributed by atoms with E-state index in [2.05, 4.69) is 23.3 Å². The Morgan fingerprint density at radius 1 is 1.29 bits per heavy atom. The minimum absolute atomic E-state index is 0.129. The van der Waals surface area contributed by atoms with E-state index in [1.807, 2.05) is 13.0 Å². The standard InChI is InChI=1S/C21H23N3O3S/c1-3-5-6-15-8-7-14(12-22)21(24-15)28-19(4-2)20(25)23-16-9-10-17-18(11-16)27-13-26-17/h7-11,19H,3-6,13H2,1-2H3,(H,23,25). The molecule has 28 heavy (non-hydrogen) atoms. The smallest absolute Gasteiger partial charge is 0.237 e. The molecule has 1 aromatic heterocycles. The minimum atomic E-state index is -0.355. The van der Waals surface area contributed by atoms with Crippen LogP contribution in [0.2, 0.25) is 0 Å². The van der Waals surface area contributed by atoms with E-state index in [1.165, 1.54) is 11.8 Å². The lowest BCUT2D eigenvalue weighted by molar-refractivity contribution is -0.115. The number of nitriles is 1. The number of nitrogens with zero attached hydrogens (tertiary/aromatic N) is 2. The van der Waals surface area contributed by atoms with Crippen molar-refractivity contribution in [2.75, 3.05) is 12.1 Å². The predicted molar refractivity (Wildman–Crippen MR) is 109 cm³/mol. The Bertz CT molecular complexity index is 895. The second-order valence-corrected chi connectivity index (χ2v) is 7.63. The van der Waals surface area contributed by atoms with Gasteiger partial charge in [-0.25, -0.2) is 4.98 Å². The largest absolute Gasteiger partial charge is 0.454 e. The van der Waals surface area contributed by atoms with Crippen LogP contribution in [0.1, 0.15) is 44.4 Å². The first-order valence-electron chi connectivity index (χ1n) is 9.41. The summed E-state index contributed by atoms with van der Waals surface area (Å²) >= 11 is 1.34. The molecule has 2 aromatic rings. The molecule has 1 N–H and O–H groups in total. The van der Waals surface area contributed by atoms with Crippen molar-refractivity contribution in [3.05, 3.63) is 41.6 Å². The molecule has 3 rings (SSSR count). The van der Waals surface area contributed by atoms with Crippen LogP contribution in [0.15, 0.2) is 35.4 Å². The topological polar surface area (TPSA) is 84.2 Å². The van der Waals surface area contributed by atoms with Gasteiger partial charge in [0.05, 0.1) is 10.8 Å². The maximum Gasteiger partial charge on any atom is 0.237 e. The third-order valence-electron chi connectivity index (χ3n) is 4.38. The van der Waals surface area contributed by atoms with Crippen LogP contribution in [-0.2, 0) is 11.2 Å². The Morgan fingerprint density at radius 2 is 2.11 bits per heavy atom. The highest BCUT2D eigenvalue weighted by Crippen LogP contribution is 2.35. The van der Waals surface area contributed by atoms with E-state index in [0.29, 0.717) is 34.2 Å². The number of thioether (sulfide) groups is 1. The normalized spacial score (nSPS) is 13.0. The van der Waals surface area contributed by atoms with Crippen molar-refractivity contribution in [2.24, 2.45) is 0 Å². The predicted octanol–water partition coefficient (Wildman–Crippen LogP) is 4.53. The van der Waals surface area contributed by atoms with Crippen molar-refractivity contribution in [1.82, 2.24) is 4.98 Å². The maximum atomic E-state index is 12.8. The molecule has 0 spiro atoms. The molecule has 1 atom stereocenters. The number of carbonyl (C=O) groups is 1. The summed E-state index contributed by atoms with van der Waals surface area (Å²) in [5, 5.41) is 12.6. The van der Waals surface area contributed by atoms with Crippen molar-refractivity contribution >= 4 is 23.4 Å². The van der Waals surface area contributed by atoms with Gasteiger partial charge in [-0.05, 0) is 43.5 Å². The summed E-state index contributed by atoms with van der Waals surface area (Å²) in [4.78, 5) is 17.4. The Labute approximate surface area is 169 Å². The van der Waals surface area contributed by atoms with E-state index in [-0.39, 0.29) is 18.0 Å². The number of fused-ring (bicyclic) bond motifs is 1. The SMILES string of the molecule is CCCCc1ccc(C#N)c(SC(CC)C(=O)Nc2ccc3c(c2)OCO3)n1. The number of benzene rings is 1. The van der Waals surface area contributed by atoms with Crippen molar-refractivity contribution in [3.63, 3.8) is 0 Å². The molecule has 1 amide bonds. The number of amides is 1. The first-order chi connectivity index (χ1) is 13.6. The highest BCUT2D eigenvalue weighted by molar-refractivity contribution is 8.00. The molecule has 0 aliphatic carbocycles. The van der Waals surface area contributed by atoms with Crippen LogP contribution in [0.3, 0.4) is 0 Å². The molecule has 0 bridgehead atoms. The van der Waals surface area contributed by atoms with Gasteiger partial charge in [0.15, 0.2) is 11.5 Å². The van der Waals surface area contributed by atoms with Crippen molar-refractivity contribution < 1.29 is 14.3 Å². The zero-order valence-electron chi connectivity index (χ0n) is 16.0. The van der Waals surface area contributed by atoms with Crippen LogP contribution >= 0.6 is 11.8 Å². The molecule has 0 fully saturated rings. The Morgan fingerprint density at radius 3 is 2.86 bits per heavy atom. The second-order valence-electron chi connectivity index (χ2n) is 6.44. The van der Waals surface area contributed by atoms with Gasteiger partial charge in [0.1, 0.15) is 11.1 Å². The summed E-state index contributed by atoms with van der Waals surface area (Å²) in [5.41, 5.74) is 2.10. The van der Waals surface area contributed by atoms with Crippen LogP contribution in [0, 0.1) is 11.3 Å². The van der Waals surface area contributed by atoms with Gasteiger partial charge < -0.3 is 14.8 Å². The zero-order chi connectivity index (χ0) is 19.9. The van der Waals surface area contributed by atoms with Crippen LogP contribution in [0.25, 0.3) is 0 Å². The molecule has 1 aromatic carbocycles. The summed E-state index contributed by atoms with van der Waals surface area (Å²) in [7, 11) is 0. The van der Waals surface area contributed by atoms with Gasteiger partial charge in [-0.15, -0.1) is 0 Å². The summed E-state index contributed by atoms with van der Waals surface area (Å²) in [6.07, 6.45) is 3.62. The lowest BCUT2D eigenvalue weighted by atomic mass is 10.2. The number of pyridine rings is 1. The highest BCUT2D eigenvalue weighted by Gasteiger charge is 2.22. The maximum absolute atomic E-state index is 12.8. The fourth-order valence-corrected chi connectivity index (χ4v) is 3.82. The molecule has 1 aliphatic rings. The van der Waals surface area contributed by atoms with Gasteiger partial charge in [-0.3, -0.25) is 4.79 Å².